The standard InChI is InChI=1S/C10H19NO2/c1-6-8(7(2)9(12)13)11-10(3,4)5/h8,11H,2,6H2,1,3-5H3,(H,12,13)/p-1. The molecule has 0 heterocycles. The molecule has 0 aliphatic carbocycles. The van der Waals surface area contributed by atoms with E-state index in [1.54, 1.807) is 0 Å². The van der Waals surface area contributed by atoms with Crippen LogP contribution >= 0.6 is 0 Å². The van der Waals surface area contributed by atoms with Gasteiger partial charge in [0.1, 0.15) is 0 Å². The molecule has 3 heteroatoms. The molecule has 1 N–H and O–H groups in total. The summed E-state index contributed by atoms with van der Waals surface area (Å²) in [4.78, 5) is 10.5. The van der Waals surface area contributed by atoms with E-state index in [9.17, 15) is 9.90 Å². The van der Waals surface area contributed by atoms with Gasteiger partial charge in [0, 0.05) is 11.6 Å². The number of carboxylic acids is 1. The molecule has 0 saturated carbocycles. The molecule has 0 aliphatic rings. The zero-order chi connectivity index (χ0) is 10.6. The zero-order valence-corrected chi connectivity index (χ0v) is 8.81. The Kier molecular flexibility index (Phi) is 4.14. The van der Waals surface area contributed by atoms with Gasteiger partial charge < -0.3 is 15.2 Å². The summed E-state index contributed by atoms with van der Waals surface area (Å²) in [7, 11) is 0. The van der Waals surface area contributed by atoms with Gasteiger partial charge in [0.25, 0.3) is 0 Å². The third-order valence-electron chi connectivity index (χ3n) is 1.70. The van der Waals surface area contributed by atoms with Gasteiger partial charge in [-0.15, -0.1) is 0 Å². The summed E-state index contributed by atoms with van der Waals surface area (Å²) in [6, 6.07) is -0.204. The lowest BCUT2D eigenvalue weighted by Gasteiger charge is -2.29. The van der Waals surface area contributed by atoms with Gasteiger partial charge in [-0.05, 0) is 32.8 Å². The lowest BCUT2D eigenvalue weighted by molar-refractivity contribution is -0.299. The van der Waals surface area contributed by atoms with E-state index in [4.69, 9.17) is 0 Å². The molecule has 0 aromatic rings. The summed E-state index contributed by atoms with van der Waals surface area (Å²) in [5, 5.41) is 13.7. The van der Waals surface area contributed by atoms with Crippen LogP contribution in [0.2, 0.25) is 0 Å². The average Bonchev–Trinajstić information content (AvgIpc) is 1.97. The molecule has 0 aromatic heterocycles. The summed E-state index contributed by atoms with van der Waals surface area (Å²) in [5.41, 5.74) is 0.0106. The van der Waals surface area contributed by atoms with Gasteiger partial charge in [-0.2, -0.15) is 0 Å². The van der Waals surface area contributed by atoms with E-state index in [1.165, 1.54) is 0 Å². The number of nitrogens with one attached hydrogen (secondary N) is 1. The van der Waals surface area contributed by atoms with E-state index in [-0.39, 0.29) is 17.2 Å². The minimum absolute atomic E-state index is 0.112. The van der Waals surface area contributed by atoms with Crippen molar-refractivity contribution in [2.75, 3.05) is 0 Å². The van der Waals surface area contributed by atoms with E-state index in [0.717, 1.165) is 0 Å². The predicted molar refractivity (Wildman–Crippen MR) is 51.1 cm³/mol. The Bertz CT molecular complexity index is 203. The van der Waals surface area contributed by atoms with Gasteiger partial charge in [-0.25, -0.2) is 0 Å². The van der Waals surface area contributed by atoms with Crippen molar-refractivity contribution in [3.8, 4) is 0 Å². The summed E-state index contributed by atoms with van der Waals surface area (Å²) < 4.78 is 0. The van der Waals surface area contributed by atoms with Crippen LogP contribution in [0.5, 0.6) is 0 Å². The second kappa shape index (κ2) is 4.42. The fourth-order valence-electron chi connectivity index (χ4n) is 1.10. The largest absolute Gasteiger partial charge is 0.545 e. The first-order valence-corrected chi connectivity index (χ1v) is 4.45. The first kappa shape index (κ1) is 12.2. The molecule has 1 atom stereocenters. The third kappa shape index (κ3) is 4.68. The van der Waals surface area contributed by atoms with Crippen LogP contribution in [0.25, 0.3) is 0 Å². The van der Waals surface area contributed by atoms with E-state index in [2.05, 4.69) is 11.9 Å². The van der Waals surface area contributed by atoms with Crippen molar-refractivity contribution < 1.29 is 9.90 Å². The van der Waals surface area contributed by atoms with Crippen molar-refractivity contribution in [2.45, 2.75) is 45.7 Å². The molecule has 3 nitrogen and oxygen atoms in total. The van der Waals surface area contributed by atoms with Crippen LogP contribution in [0.4, 0.5) is 0 Å². The fraction of sp³-hybridized carbons (Fsp3) is 0.700. The van der Waals surface area contributed by atoms with E-state index in [1.807, 2.05) is 27.7 Å². The average molecular weight is 184 g/mol. The Morgan fingerprint density at radius 1 is 1.54 bits per heavy atom. The monoisotopic (exact) mass is 184 g/mol. The quantitative estimate of drug-likeness (QED) is 0.646. The maximum Gasteiger partial charge on any atom is 0.0684 e. The lowest BCUT2D eigenvalue weighted by Crippen LogP contribution is -2.47. The van der Waals surface area contributed by atoms with Gasteiger partial charge >= 0.3 is 0 Å². The number of carbonyl (C=O) groups is 1. The van der Waals surface area contributed by atoms with Crippen molar-refractivity contribution in [2.24, 2.45) is 0 Å². The summed E-state index contributed by atoms with van der Waals surface area (Å²) in [6.07, 6.45) is 0.698. The van der Waals surface area contributed by atoms with Gasteiger partial charge in [0.05, 0.1) is 5.97 Å². The van der Waals surface area contributed by atoms with Gasteiger partial charge in [0.15, 0.2) is 0 Å². The number of carboxylic acid groups (broad SMARTS) is 1. The maximum atomic E-state index is 10.5. The summed E-state index contributed by atoms with van der Waals surface area (Å²) in [6.45, 7) is 11.4. The Hall–Kier alpha value is -0.830. The van der Waals surface area contributed by atoms with Crippen LogP contribution < -0.4 is 10.4 Å². The molecule has 0 saturated heterocycles. The van der Waals surface area contributed by atoms with Crippen LogP contribution in [0.1, 0.15) is 34.1 Å². The number of hydrogen-bond acceptors (Lipinski definition) is 3. The minimum atomic E-state index is -1.18. The smallest absolute Gasteiger partial charge is 0.0684 e. The first-order chi connectivity index (χ1) is 5.78. The molecule has 0 spiro atoms. The first-order valence-electron chi connectivity index (χ1n) is 4.45. The Labute approximate surface area is 79.8 Å². The molecule has 0 aliphatic heterocycles. The molecule has 0 fully saturated rings. The van der Waals surface area contributed by atoms with Crippen LogP contribution in [0.15, 0.2) is 12.2 Å². The third-order valence-corrected chi connectivity index (χ3v) is 1.70. The number of carbonyl (C=O) groups excluding carboxylic acids is 1. The topological polar surface area (TPSA) is 52.2 Å². The molecular formula is C10H18NO2-. The maximum absolute atomic E-state index is 10.5. The number of aliphatic carboxylic acids is 1. The highest BCUT2D eigenvalue weighted by Gasteiger charge is 2.18. The van der Waals surface area contributed by atoms with Crippen molar-refractivity contribution >= 4 is 5.97 Å². The zero-order valence-electron chi connectivity index (χ0n) is 8.81. The second-order valence-electron chi connectivity index (χ2n) is 4.17. The van der Waals surface area contributed by atoms with E-state index >= 15 is 0 Å². The fourth-order valence-corrected chi connectivity index (χ4v) is 1.10. The van der Waals surface area contributed by atoms with Crippen molar-refractivity contribution in [3.63, 3.8) is 0 Å². The second-order valence-corrected chi connectivity index (χ2v) is 4.17. The molecule has 0 rings (SSSR count). The summed E-state index contributed by atoms with van der Waals surface area (Å²) in [5.74, 6) is -1.18. The summed E-state index contributed by atoms with van der Waals surface area (Å²) >= 11 is 0. The van der Waals surface area contributed by atoms with E-state index < -0.39 is 5.97 Å². The number of hydrogen-bond donors (Lipinski definition) is 1. The van der Waals surface area contributed by atoms with Crippen LogP contribution in [-0.2, 0) is 4.79 Å². The molecule has 1 unspecified atom stereocenters. The minimum Gasteiger partial charge on any atom is -0.545 e. The molecular weight excluding hydrogens is 166 g/mol. The van der Waals surface area contributed by atoms with Crippen LogP contribution in [-0.4, -0.2) is 17.6 Å². The molecule has 0 amide bonds. The van der Waals surface area contributed by atoms with Crippen molar-refractivity contribution in [1.29, 1.82) is 0 Å². The van der Waals surface area contributed by atoms with Crippen LogP contribution in [0.3, 0.4) is 0 Å². The SMILES string of the molecule is C=C(C(=O)[O-])C(CC)NC(C)(C)C. The molecule has 13 heavy (non-hydrogen) atoms. The molecule has 0 radical (unpaired) electrons. The van der Waals surface area contributed by atoms with E-state index in [0.29, 0.717) is 6.42 Å². The molecule has 76 valence electrons. The highest BCUT2D eigenvalue weighted by molar-refractivity contribution is 5.85. The van der Waals surface area contributed by atoms with Gasteiger partial charge in [-0.1, -0.05) is 13.5 Å². The van der Waals surface area contributed by atoms with Crippen molar-refractivity contribution in [1.82, 2.24) is 5.32 Å². The Morgan fingerprint density at radius 2 is 2.00 bits per heavy atom. The Balaban J connectivity index is 4.36. The molecule has 0 aromatic carbocycles. The van der Waals surface area contributed by atoms with Gasteiger partial charge in [0.2, 0.25) is 0 Å². The normalized spacial score (nSPS) is 13.8. The highest BCUT2D eigenvalue weighted by Crippen LogP contribution is 2.09. The highest BCUT2D eigenvalue weighted by atomic mass is 16.4. The number of rotatable bonds is 4. The molecule has 0 bridgehead atoms. The van der Waals surface area contributed by atoms with Gasteiger partial charge in [-0.3, -0.25) is 0 Å². The van der Waals surface area contributed by atoms with Crippen molar-refractivity contribution in [3.05, 3.63) is 12.2 Å². The predicted octanol–water partition coefficient (Wildman–Crippen LogP) is 0.459. The lowest BCUT2D eigenvalue weighted by atomic mass is 10.0. The Morgan fingerprint density at radius 3 is 2.23 bits per heavy atom. The van der Waals surface area contributed by atoms with Crippen LogP contribution in [0, 0.1) is 0 Å².